The van der Waals surface area contributed by atoms with Crippen LogP contribution in [0, 0.1) is 0 Å². The summed E-state index contributed by atoms with van der Waals surface area (Å²) in [5.41, 5.74) is 0. The fourth-order valence-corrected chi connectivity index (χ4v) is 1.97. The van der Waals surface area contributed by atoms with E-state index in [2.05, 4.69) is 4.90 Å². The summed E-state index contributed by atoms with van der Waals surface area (Å²) in [4.78, 5) is 12.8. The van der Waals surface area contributed by atoms with E-state index in [1.807, 2.05) is 0 Å². The molecule has 4 heteroatoms. The lowest BCUT2D eigenvalue weighted by Gasteiger charge is -2.32. The molecular formula is C10H17NO3. The molecule has 0 radical (unpaired) electrons. The van der Waals surface area contributed by atoms with Gasteiger partial charge in [0.05, 0.1) is 12.7 Å². The van der Waals surface area contributed by atoms with Crippen molar-refractivity contribution < 1.29 is 14.6 Å². The van der Waals surface area contributed by atoms with Gasteiger partial charge in [0, 0.05) is 25.6 Å². The summed E-state index contributed by atoms with van der Waals surface area (Å²) < 4.78 is 5.53. The lowest BCUT2D eigenvalue weighted by atomic mass is 10.1. The van der Waals surface area contributed by atoms with Crippen molar-refractivity contribution in [2.75, 3.05) is 19.7 Å². The number of carboxylic acid groups (broad SMARTS) is 1. The highest BCUT2D eigenvalue weighted by Gasteiger charge is 2.32. The first-order valence-electron chi connectivity index (χ1n) is 5.33. The number of hydrogen-bond acceptors (Lipinski definition) is 3. The molecule has 0 bridgehead atoms. The number of morpholine rings is 1. The van der Waals surface area contributed by atoms with Crippen molar-refractivity contribution in [3.63, 3.8) is 0 Å². The fraction of sp³-hybridized carbons (Fsp3) is 0.900. The molecule has 14 heavy (non-hydrogen) atoms. The quantitative estimate of drug-likeness (QED) is 0.724. The highest BCUT2D eigenvalue weighted by Crippen LogP contribution is 2.28. The second kappa shape index (κ2) is 4.28. The summed E-state index contributed by atoms with van der Waals surface area (Å²) in [5, 5.41) is 8.56. The minimum atomic E-state index is -0.725. The molecule has 0 spiro atoms. The Hall–Kier alpha value is -0.610. The number of hydrogen-bond donors (Lipinski definition) is 1. The zero-order chi connectivity index (χ0) is 9.97. The first-order valence-corrected chi connectivity index (χ1v) is 5.33. The van der Waals surface area contributed by atoms with E-state index in [1.165, 1.54) is 12.8 Å². The fourth-order valence-electron chi connectivity index (χ4n) is 1.97. The Morgan fingerprint density at radius 1 is 1.50 bits per heavy atom. The summed E-state index contributed by atoms with van der Waals surface area (Å²) in [5.74, 6) is -0.725. The van der Waals surface area contributed by atoms with E-state index in [0.717, 1.165) is 25.7 Å². The van der Waals surface area contributed by atoms with E-state index >= 15 is 0 Å². The summed E-state index contributed by atoms with van der Waals surface area (Å²) in [7, 11) is 0. The molecule has 80 valence electrons. The average molecular weight is 199 g/mol. The topological polar surface area (TPSA) is 49.8 Å². The van der Waals surface area contributed by atoms with Gasteiger partial charge in [-0.05, 0) is 19.3 Å². The SMILES string of the molecule is O=C(O)CCC1CN(C2CC2)CCO1. The lowest BCUT2D eigenvalue weighted by molar-refractivity contribution is -0.138. The van der Waals surface area contributed by atoms with Crippen LogP contribution in [0.2, 0.25) is 0 Å². The molecule has 0 aromatic rings. The maximum Gasteiger partial charge on any atom is 0.303 e. The molecule has 1 aliphatic carbocycles. The standard InChI is InChI=1S/C10H17NO3/c12-10(13)4-3-9-7-11(5-6-14-9)8-1-2-8/h8-9H,1-7H2,(H,12,13). The number of ether oxygens (including phenoxy) is 1. The zero-order valence-corrected chi connectivity index (χ0v) is 8.32. The number of nitrogens with zero attached hydrogens (tertiary/aromatic N) is 1. The molecule has 0 amide bonds. The molecular weight excluding hydrogens is 182 g/mol. The third-order valence-electron chi connectivity index (χ3n) is 2.91. The summed E-state index contributed by atoms with van der Waals surface area (Å²) in [6.45, 7) is 2.72. The van der Waals surface area contributed by atoms with Crippen LogP contribution in [0.15, 0.2) is 0 Å². The Labute approximate surface area is 83.8 Å². The molecule has 1 saturated carbocycles. The van der Waals surface area contributed by atoms with E-state index in [9.17, 15) is 4.79 Å². The third kappa shape index (κ3) is 2.69. The summed E-state index contributed by atoms with van der Waals surface area (Å²) in [6, 6.07) is 0.770. The first-order chi connectivity index (χ1) is 6.75. The Morgan fingerprint density at radius 3 is 2.93 bits per heavy atom. The number of rotatable bonds is 4. The monoisotopic (exact) mass is 199 g/mol. The first kappa shape index (κ1) is 9.93. The molecule has 1 atom stereocenters. The van der Waals surface area contributed by atoms with E-state index < -0.39 is 5.97 Å². The number of carbonyl (C=O) groups is 1. The average Bonchev–Trinajstić information content (AvgIpc) is 2.98. The van der Waals surface area contributed by atoms with Gasteiger partial charge in [0.1, 0.15) is 0 Å². The van der Waals surface area contributed by atoms with Crippen molar-refractivity contribution in [1.29, 1.82) is 0 Å². The zero-order valence-electron chi connectivity index (χ0n) is 8.32. The third-order valence-corrected chi connectivity index (χ3v) is 2.91. The molecule has 0 aromatic heterocycles. The van der Waals surface area contributed by atoms with Gasteiger partial charge < -0.3 is 9.84 Å². The van der Waals surface area contributed by atoms with Crippen LogP contribution in [-0.4, -0.2) is 47.8 Å². The Balaban J connectivity index is 1.72. The molecule has 2 aliphatic rings. The molecule has 0 aromatic carbocycles. The molecule has 1 heterocycles. The van der Waals surface area contributed by atoms with Crippen molar-refractivity contribution in [2.24, 2.45) is 0 Å². The summed E-state index contributed by atoms with van der Waals surface area (Å²) >= 11 is 0. The van der Waals surface area contributed by atoms with Crippen LogP contribution in [0.25, 0.3) is 0 Å². The van der Waals surface area contributed by atoms with Gasteiger partial charge in [-0.2, -0.15) is 0 Å². The Bertz CT molecular complexity index is 215. The van der Waals surface area contributed by atoms with Gasteiger partial charge in [0.25, 0.3) is 0 Å². The van der Waals surface area contributed by atoms with Gasteiger partial charge in [0.15, 0.2) is 0 Å². The van der Waals surface area contributed by atoms with Crippen LogP contribution in [0.4, 0.5) is 0 Å². The van der Waals surface area contributed by atoms with Gasteiger partial charge in [0.2, 0.25) is 0 Å². The van der Waals surface area contributed by atoms with Crippen LogP contribution in [0.5, 0.6) is 0 Å². The second-order valence-electron chi connectivity index (χ2n) is 4.15. The summed E-state index contributed by atoms with van der Waals surface area (Å²) in [6.07, 6.45) is 3.64. The molecule has 2 fully saturated rings. The van der Waals surface area contributed by atoms with E-state index in [0.29, 0.717) is 6.42 Å². The van der Waals surface area contributed by atoms with Crippen LogP contribution in [0.1, 0.15) is 25.7 Å². The van der Waals surface area contributed by atoms with Crippen molar-refractivity contribution in [1.82, 2.24) is 4.90 Å². The van der Waals surface area contributed by atoms with Crippen LogP contribution in [0.3, 0.4) is 0 Å². The molecule has 1 unspecified atom stereocenters. The normalized spacial score (nSPS) is 29.0. The highest BCUT2D eigenvalue weighted by molar-refractivity contribution is 5.66. The minimum Gasteiger partial charge on any atom is -0.481 e. The molecule has 1 N–H and O–H groups in total. The van der Waals surface area contributed by atoms with Gasteiger partial charge in [-0.3, -0.25) is 9.69 Å². The van der Waals surface area contributed by atoms with Crippen LogP contribution in [-0.2, 0) is 9.53 Å². The van der Waals surface area contributed by atoms with Crippen molar-refractivity contribution in [3.05, 3.63) is 0 Å². The highest BCUT2D eigenvalue weighted by atomic mass is 16.5. The second-order valence-corrected chi connectivity index (χ2v) is 4.15. The largest absolute Gasteiger partial charge is 0.481 e. The Kier molecular flexibility index (Phi) is 3.03. The molecule has 2 rings (SSSR count). The molecule has 1 aliphatic heterocycles. The maximum atomic E-state index is 10.4. The van der Waals surface area contributed by atoms with Gasteiger partial charge in [-0.25, -0.2) is 0 Å². The number of carboxylic acids is 1. The van der Waals surface area contributed by atoms with Crippen molar-refractivity contribution in [2.45, 2.75) is 37.8 Å². The number of aliphatic carboxylic acids is 1. The lowest BCUT2D eigenvalue weighted by Crippen LogP contribution is -2.43. The molecule has 1 saturated heterocycles. The van der Waals surface area contributed by atoms with Gasteiger partial charge in [-0.15, -0.1) is 0 Å². The van der Waals surface area contributed by atoms with Crippen molar-refractivity contribution in [3.8, 4) is 0 Å². The predicted molar refractivity (Wildman–Crippen MR) is 51.2 cm³/mol. The van der Waals surface area contributed by atoms with Gasteiger partial charge >= 0.3 is 5.97 Å². The smallest absolute Gasteiger partial charge is 0.303 e. The van der Waals surface area contributed by atoms with Crippen molar-refractivity contribution >= 4 is 5.97 Å². The van der Waals surface area contributed by atoms with E-state index in [1.54, 1.807) is 0 Å². The van der Waals surface area contributed by atoms with Crippen LogP contribution >= 0.6 is 0 Å². The van der Waals surface area contributed by atoms with Crippen LogP contribution < -0.4 is 0 Å². The maximum absolute atomic E-state index is 10.4. The van der Waals surface area contributed by atoms with Gasteiger partial charge in [-0.1, -0.05) is 0 Å². The minimum absolute atomic E-state index is 0.139. The predicted octanol–water partition coefficient (Wildman–Crippen LogP) is 0.714. The van der Waals surface area contributed by atoms with E-state index in [4.69, 9.17) is 9.84 Å². The van der Waals surface area contributed by atoms with E-state index in [-0.39, 0.29) is 12.5 Å². The Morgan fingerprint density at radius 2 is 2.29 bits per heavy atom. The molecule has 4 nitrogen and oxygen atoms in total.